The molecule has 1 aromatic rings. The highest BCUT2D eigenvalue weighted by Crippen LogP contribution is 2.22. The predicted molar refractivity (Wildman–Crippen MR) is 88.2 cm³/mol. The number of anilines is 1. The van der Waals surface area contributed by atoms with Crippen LogP contribution in [0.4, 0.5) is 5.82 Å². The number of piperidine rings is 1. The van der Waals surface area contributed by atoms with Gasteiger partial charge in [-0.3, -0.25) is 0 Å². The molecule has 0 spiro atoms. The van der Waals surface area contributed by atoms with Crippen molar-refractivity contribution in [3.63, 3.8) is 0 Å². The van der Waals surface area contributed by atoms with Crippen molar-refractivity contribution in [2.45, 2.75) is 31.9 Å². The van der Waals surface area contributed by atoms with E-state index in [4.69, 9.17) is 4.74 Å². The summed E-state index contributed by atoms with van der Waals surface area (Å²) in [6, 6.07) is 1.70. The van der Waals surface area contributed by atoms with Gasteiger partial charge in [-0.2, -0.15) is 17.0 Å². The number of aromatic nitrogens is 2. The molecule has 1 unspecified atom stereocenters. The summed E-state index contributed by atoms with van der Waals surface area (Å²) in [6.07, 6.45) is 4.44. The minimum atomic E-state index is -3.40. The van der Waals surface area contributed by atoms with Crippen molar-refractivity contribution >= 4 is 16.0 Å². The van der Waals surface area contributed by atoms with E-state index < -0.39 is 10.2 Å². The lowest BCUT2D eigenvalue weighted by molar-refractivity contribution is 0.178. The van der Waals surface area contributed by atoms with Crippen molar-refractivity contribution in [1.29, 1.82) is 0 Å². The Hall–Kier alpha value is -1.29. The number of hydrogen-bond donors (Lipinski definition) is 1. The third-order valence-corrected chi connectivity index (χ3v) is 5.82. The van der Waals surface area contributed by atoms with Crippen LogP contribution in [-0.2, 0) is 21.6 Å². The van der Waals surface area contributed by atoms with E-state index in [2.05, 4.69) is 15.3 Å². The molecule has 9 heteroatoms. The summed E-state index contributed by atoms with van der Waals surface area (Å²) in [5, 5.41) is 3.22. The fourth-order valence-electron chi connectivity index (χ4n) is 2.61. The molecule has 0 amide bonds. The van der Waals surface area contributed by atoms with Crippen molar-refractivity contribution in [2.24, 2.45) is 0 Å². The predicted octanol–water partition coefficient (Wildman–Crippen LogP) is 0.696. The van der Waals surface area contributed by atoms with E-state index in [1.165, 1.54) is 4.31 Å². The summed E-state index contributed by atoms with van der Waals surface area (Å²) >= 11 is 0. The van der Waals surface area contributed by atoms with E-state index in [1.807, 2.05) is 0 Å². The first kappa shape index (κ1) is 18.1. The van der Waals surface area contributed by atoms with Crippen molar-refractivity contribution in [3.8, 4) is 0 Å². The number of nitrogens with zero attached hydrogens (tertiary/aromatic N) is 4. The number of rotatable bonds is 7. The van der Waals surface area contributed by atoms with Crippen LogP contribution < -0.4 is 5.32 Å². The molecule has 0 bridgehead atoms. The molecular weight excluding hydrogens is 318 g/mol. The van der Waals surface area contributed by atoms with E-state index >= 15 is 0 Å². The van der Waals surface area contributed by atoms with Crippen LogP contribution in [0, 0.1) is 0 Å². The van der Waals surface area contributed by atoms with Gasteiger partial charge < -0.3 is 10.1 Å². The van der Waals surface area contributed by atoms with Gasteiger partial charge in [0.1, 0.15) is 12.4 Å². The van der Waals surface area contributed by atoms with Crippen LogP contribution in [0.15, 0.2) is 12.3 Å². The highest BCUT2D eigenvalue weighted by atomic mass is 32.2. The smallest absolute Gasteiger partial charge is 0.281 e. The average Bonchev–Trinajstić information content (AvgIpc) is 2.54. The van der Waals surface area contributed by atoms with Gasteiger partial charge in [-0.1, -0.05) is 6.42 Å². The molecule has 8 nitrogen and oxygen atoms in total. The van der Waals surface area contributed by atoms with Gasteiger partial charge in [-0.05, 0) is 18.9 Å². The second-order valence-corrected chi connectivity index (χ2v) is 7.82. The fraction of sp³-hybridized carbons (Fsp3) is 0.714. The highest BCUT2D eigenvalue weighted by molar-refractivity contribution is 7.86. The normalized spacial score (nSPS) is 19.9. The van der Waals surface area contributed by atoms with Crippen LogP contribution in [0.3, 0.4) is 0 Å². The first-order valence-corrected chi connectivity index (χ1v) is 9.09. The van der Waals surface area contributed by atoms with Crippen molar-refractivity contribution in [2.75, 3.05) is 39.6 Å². The van der Waals surface area contributed by atoms with Gasteiger partial charge in [0.2, 0.25) is 0 Å². The summed E-state index contributed by atoms with van der Waals surface area (Å²) < 4.78 is 32.7. The zero-order valence-corrected chi connectivity index (χ0v) is 14.7. The molecule has 1 N–H and O–H groups in total. The Morgan fingerprint density at radius 3 is 2.91 bits per heavy atom. The van der Waals surface area contributed by atoms with Crippen LogP contribution in [0.5, 0.6) is 0 Å². The van der Waals surface area contributed by atoms with Crippen LogP contribution in [-0.4, -0.2) is 67.3 Å². The zero-order chi connectivity index (χ0) is 16.9. The molecule has 0 radical (unpaired) electrons. The van der Waals surface area contributed by atoms with Gasteiger partial charge in [0.25, 0.3) is 10.2 Å². The zero-order valence-electron chi connectivity index (χ0n) is 13.9. The van der Waals surface area contributed by atoms with Gasteiger partial charge >= 0.3 is 0 Å². The van der Waals surface area contributed by atoms with Gasteiger partial charge in [0.05, 0.1) is 0 Å². The lowest BCUT2D eigenvalue weighted by Crippen LogP contribution is -2.51. The average molecular weight is 343 g/mol. The van der Waals surface area contributed by atoms with Crippen molar-refractivity contribution in [1.82, 2.24) is 18.6 Å². The number of ether oxygens (including phenoxy) is 1. The Kier molecular flexibility index (Phi) is 6.28. The van der Waals surface area contributed by atoms with Gasteiger partial charge in [0, 0.05) is 46.5 Å². The summed E-state index contributed by atoms with van der Waals surface area (Å²) in [7, 11) is 1.33. The monoisotopic (exact) mass is 343 g/mol. The first-order valence-electron chi connectivity index (χ1n) is 7.69. The fourth-order valence-corrected chi connectivity index (χ4v) is 3.95. The number of nitrogens with one attached hydrogen (secondary N) is 1. The molecular formula is C14H25N5O3S. The molecule has 1 saturated heterocycles. The topological polar surface area (TPSA) is 87.7 Å². The molecule has 2 heterocycles. The summed E-state index contributed by atoms with van der Waals surface area (Å²) in [4.78, 5) is 8.46. The highest BCUT2D eigenvalue weighted by Gasteiger charge is 2.33. The Balaban J connectivity index is 2.04. The Bertz CT molecular complexity index is 608. The standard InChI is InChI=1S/C14H25N5O3S/c1-18(2)23(20,21)19-9-5-4-6-12(19)10-16-13-7-8-15-14(17-13)11-22-3/h7-8,12H,4-6,9-11H2,1-3H3,(H,15,16,17). The van der Waals surface area contributed by atoms with E-state index in [0.717, 1.165) is 19.3 Å². The Morgan fingerprint density at radius 2 is 2.22 bits per heavy atom. The lowest BCUT2D eigenvalue weighted by Gasteiger charge is -2.36. The third-order valence-electron chi connectivity index (χ3n) is 3.83. The van der Waals surface area contributed by atoms with Crippen molar-refractivity contribution in [3.05, 3.63) is 18.1 Å². The second-order valence-electron chi connectivity index (χ2n) is 5.72. The SMILES string of the molecule is COCc1nccc(NCC2CCCCN2S(=O)(=O)N(C)C)n1. The maximum atomic E-state index is 12.4. The quantitative estimate of drug-likeness (QED) is 0.784. The minimum absolute atomic E-state index is 0.0722. The molecule has 1 aromatic heterocycles. The largest absolute Gasteiger partial charge is 0.377 e. The first-order chi connectivity index (χ1) is 10.9. The molecule has 130 valence electrons. The van der Waals surface area contributed by atoms with Crippen LogP contribution in [0.25, 0.3) is 0 Å². The second kappa shape index (κ2) is 8.00. The van der Waals surface area contributed by atoms with Crippen molar-refractivity contribution < 1.29 is 13.2 Å². The molecule has 1 fully saturated rings. The summed E-state index contributed by atoms with van der Waals surface area (Å²) in [5.41, 5.74) is 0. The van der Waals surface area contributed by atoms with Crippen LogP contribution in [0.1, 0.15) is 25.1 Å². The number of hydrogen-bond acceptors (Lipinski definition) is 6. The van der Waals surface area contributed by atoms with Crippen LogP contribution >= 0.6 is 0 Å². The summed E-state index contributed by atoms with van der Waals surface area (Å²) in [6.45, 7) is 1.43. The molecule has 2 rings (SSSR count). The van der Waals surface area contributed by atoms with E-state index in [1.54, 1.807) is 37.8 Å². The molecule has 0 aliphatic carbocycles. The van der Waals surface area contributed by atoms with E-state index in [9.17, 15) is 8.42 Å². The van der Waals surface area contributed by atoms with Gasteiger partial charge in [0.15, 0.2) is 5.82 Å². The Labute approximate surface area is 138 Å². The van der Waals surface area contributed by atoms with E-state index in [-0.39, 0.29) is 6.04 Å². The number of methoxy groups -OCH3 is 1. The maximum absolute atomic E-state index is 12.4. The molecule has 1 atom stereocenters. The molecule has 0 aromatic carbocycles. The molecule has 0 saturated carbocycles. The van der Waals surface area contributed by atoms with E-state index in [0.29, 0.717) is 31.3 Å². The van der Waals surface area contributed by atoms with Crippen LogP contribution in [0.2, 0.25) is 0 Å². The summed E-state index contributed by atoms with van der Waals surface area (Å²) in [5.74, 6) is 1.28. The van der Waals surface area contributed by atoms with Gasteiger partial charge in [-0.15, -0.1) is 0 Å². The lowest BCUT2D eigenvalue weighted by atomic mass is 10.1. The Morgan fingerprint density at radius 1 is 1.43 bits per heavy atom. The third kappa shape index (κ3) is 4.60. The van der Waals surface area contributed by atoms with Gasteiger partial charge in [-0.25, -0.2) is 9.97 Å². The molecule has 23 heavy (non-hydrogen) atoms. The minimum Gasteiger partial charge on any atom is -0.377 e. The molecule has 1 aliphatic heterocycles. The molecule has 1 aliphatic rings. The maximum Gasteiger partial charge on any atom is 0.281 e.